The molecule has 8 nitrogen and oxygen atoms in total. The van der Waals surface area contributed by atoms with Gasteiger partial charge in [-0.3, -0.25) is 19.8 Å². The number of nitrogens with one attached hydrogen (secondary N) is 1. The Kier molecular flexibility index (Phi) is 5.70. The van der Waals surface area contributed by atoms with Crippen molar-refractivity contribution in [3.05, 3.63) is 64.2 Å². The Balaban J connectivity index is 1.31. The quantitative estimate of drug-likeness (QED) is 0.530. The number of carbonyl (C=O) groups is 1. The van der Waals surface area contributed by atoms with Gasteiger partial charge in [0.25, 0.3) is 5.69 Å². The average molecular weight is 437 g/mol. The lowest BCUT2D eigenvalue weighted by Gasteiger charge is -2.49. The SMILES string of the molecule is O=C(NC1CC1)C1Cc2cc([N+](=O)[O-])ccc2N2CCN(CCOc3ccccc3)CC12. The van der Waals surface area contributed by atoms with Crippen molar-refractivity contribution in [2.24, 2.45) is 5.92 Å². The van der Waals surface area contributed by atoms with Crippen LogP contribution in [0.25, 0.3) is 0 Å². The number of hydrogen-bond donors (Lipinski definition) is 1. The molecule has 5 rings (SSSR count). The fraction of sp³-hybridized carbons (Fsp3) is 0.458. The highest BCUT2D eigenvalue weighted by Gasteiger charge is 2.42. The molecule has 2 heterocycles. The zero-order valence-electron chi connectivity index (χ0n) is 18.0. The predicted octanol–water partition coefficient (Wildman–Crippen LogP) is 2.62. The van der Waals surface area contributed by atoms with Gasteiger partial charge in [-0.15, -0.1) is 0 Å². The molecule has 1 saturated carbocycles. The molecule has 2 atom stereocenters. The highest BCUT2D eigenvalue weighted by atomic mass is 16.6. The summed E-state index contributed by atoms with van der Waals surface area (Å²) in [6.07, 6.45) is 2.61. The maximum Gasteiger partial charge on any atom is 0.269 e. The molecular formula is C24H28N4O4. The van der Waals surface area contributed by atoms with Crippen molar-refractivity contribution in [2.45, 2.75) is 31.3 Å². The van der Waals surface area contributed by atoms with E-state index < -0.39 is 0 Å². The van der Waals surface area contributed by atoms with Crippen molar-refractivity contribution >= 4 is 17.3 Å². The minimum Gasteiger partial charge on any atom is -0.492 e. The standard InChI is InChI=1S/C24H28N4O4/c29-24(25-18-6-7-18)21-15-17-14-19(28(30)31)8-9-22(17)27-11-10-26(16-23(21)27)12-13-32-20-4-2-1-3-5-20/h1-5,8-9,14,18,21,23H,6-7,10-13,15-16H2,(H,25,29). The van der Waals surface area contributed by atoms with E-state index in [9.17, 15) is 14.9 Å². The van der Waals surface area contributed by atoms with Crippen LogP contribution in [0.3, 0.4) is 0 Å². The van der Waals surface area contributed by atoms with Crippen LogP contribution in [-0.4, -0.2) is 60.6 Å². The number of para-hydroxylation sites is 1. The second-order valence-corrected chi connectivity index (χ2v) is 8.89. The van der Waals surface area contributed by atoms with Crippen LogP contribution in [0.15, 0.2) is 48.5 Å². The third-order valence-corrected chi connectivity index (χ3v) is 6.67. The molecule has 3 aliphatic rings. The number of benzene rings is 2. The summed E-state index contributed by atoms with van der Waals surface area (Å²) in [5, 5.41) is 14.4. The van der Waals surface area contributed by atoms with Gasteiger partial charge in [0.2, 0.25) is 5.91 Å². The molecule has 168 valence electrons. The fourth-order valence-corrected chi connectivity index (χ4v) is 4.83. The Labute approximate surface area is 187 Å². The number of fused-ring (bicyclic) bond motifs is 3. The molecule has 1 saturated heterocycles. The Morgan fingerprint density at radius 1 is 1.16 bits per heavy atom. The summed E-state index contributed by atoms with van der Waals surface area (Å²) in [4.78, 5) is 28.7. The van der Waals surface area contributed by atoms with E-state index >= 15 is 0 Å². The molecule has 1 amide bonds. The van der Waals surface area contributed by atoms with Gasteiger partial charge in [-0.05, 0) is 43.0 Å². The van der Waals surface area contributed by atoms with E-state index in [2.05, 4.69) is 15.1 Å². The summed E-state index contributed by atoms with van der Waals surface area (Å²) < 4.78 is 5.87. The second-order valence-electron chi connectivity index (χ2n) is 8.89. The molecule has 2 aromatic rings. The molecule has 0 spiro atoms. The van der Waals surface area contributed by atoms with Crippen LogP contribution in [0.1, 0.15) is 18.4 Å². The van der Waals surface area contributed by atoms with Crippen LogP contribution < -0.4 is 15.0 Å². The number of piperazine rings is 1. The molecule has 2 aliphatic heterocycles. The molecule has 1 aliphatic carbocycles. The third-order valence-electron chi connectivity index (χ3n) is 6.67. The smallest absolute Gasteiger partial charge is 0.269 e. The largest absolute Gasteiger partial charge is 0.492 e. The van der Waals surface area contributed by atoms with Crippen LogP contribution in [0, 0.1) is 16.0 Å². The third kappa shape index (κ3) is 4.41. The number of rotatable bonds is 7. The monoisotopic (exact) mass is 436 g/mol. The second kappa shape index (κ2) is 8.78. The first-order valence-electron chi connectivity index (χ1n) is 11.3. The minimum absolute atomic E-state index is 0.0492. The molecule has 2 unspecified atom stereocenters. The average Bonchev–Trinajstić information content (AvgIpc) is 3.62. The summed E-state index contributed by atoms with van der Waals surface area (Å²) in [5.74, 6) is 0.714. The lowest BCUT2D eigenvalue weighted by Crippen LogP contribution is -2.61. The first-order chi connectivity index (χ1) is 15.6. The summed E-state index contributed by atoms with van der Waals surface area (Å²) in [6, 6.07) is 15.2. The van der Waals surface area contributed by atoms with Gasteiger partial charge in [-0.25, -0.2) is 0 Å². The number of amides is 1. The van der Waals surface area contributed by atoms with Crippen LogP contribution in [0.4, 0.5) is 11.4 Å². The number of anilines is 1. The Bertz CT molecular complexity index is 995. The molecule has 0 aromatic heterocycles. The number of carbonyl (C=O) groups excluding carboxylic acids is 1. The first kappa shape index (κ1) is 20.8. The Hall–Kier alpha value is -3.13. The number of nitro groups is 1. The number of nitrogens with zero attached hydrogens (tertiary/aromatic N) is 3. The number of nitro benzene ring substituents is 1. The van der Waals surface area contributed by atoms with Gasteiger partial charge in [-0.2, -0.15) is 0 Å². The Morgan fingerprint density at radius 3 is 2.72 bits per heavy atom. The van der Waals surface area contributed by atoms with Gasteiger partial charge < -0.3 is 15.0 Å². The summed E-state index contributed by atoms with van der Waals surface area (Å²) in [7, 11) is 0. The molecule has 0 bridgehead atoms. The lowest BCUT2D eigenvalue weighted by molar-refractivity contribution is -0.384. The zero-order valence-corrected chi connectivity index (χ0v) is 18.0. The van der Waals surface area contributed by atoms with E-state index in [-0.39, 0.29) is 28.5 Å². The summed E-state index contributed by atoms with van der Waals surface area (Å²) >= 11 is 0. The lowest BCUT2D eigenvalue weighted by atomic mass is 9.83. The first-order valence-corrected chi connectivity index (χ1v) is 11.3. The van der Waals surface area contributed by atoms with E-state index in [1.807, 2.05) is 36.4 Å². The van der Waals surface area contributed by atoms with Gasteiger partial charge in [0, 0.05) is 50.0 Å². The molecule has 1 N–H and O–H groups in total. The molecule has 2 aromatic carbocycles. The van der Waals surface area contributed by atoms with E-state index in [0.717, 1.165) is 56.0 Å². The summed E-state index contributed by atoms with van der Waals surface area (Å²) in [6.45, 7) is 3.81. The highest BCUT2D eigenvalue weighted by Crippen LogP contribution is 2.38. The predicted molar refractivity (Wildman–Crippen MR) is 121 cm³/mol. The van der Waals surface area contributed by atoms with E-state index in [1.165, 1.54) is 0 Å². The van der Waals surface area contributed by atoms with E-state index in [4.69, 9.17) is 4.74 Å². The molecular weight excluding hydrogens is 408 g/mol. The molecule has 8 heteroatoms. The number of non-ortho nitro benzene ring substituents is 1. The fourth-order valence-electron chi connectivity index (χ4n) is 4.83. The van der Waals surface area contributed by atoms with Gasteiger partial charge in [-0.1, -0.05) is 18.2 Å². The number of hydrogen-bond acceptors (Lipinski definition) is 6. The van der Waals surface area contributed by atoms with Crippen molar-refractivity contribution in [1.82, 2.24) is 10.2 Å². The minimum atomic E-state index is -0.365. The zero-order chi connectivity index (χ0) is 22.1. The maximum absolute atomic E-state index is 13.1. The van der Waals surface area contributed by atoms with Crippen LogP contribution in [0.2, 0.25) is 0 Å². The van der Waals surface area contributed by atoms with Gasteiger partial charge in [0.15, 0.2) is 0 Å². The van der Waals surface area contributed by atoms with Crippen LogP contribution in [0.5, 0.6) is 5.75 Å². The van der Waals surface area contributed by atoms with Crippen LogP contribution >= 0.6 is 0 Å². The molecule has 0 radical (unpaired) electrons. The van der Waals surface area contributed by atoms with Gasteiger partial charge >= 0.3 is 0 Å². The molecule has 32 heavy (non-hydrogen) atoms. The highest BCUT2D eigenvalue weighted by molar-refractivity contribution is 5.82. The topological polar surface area (TPSA) is 87.9 Å². The molecule has 2 fully saturated rings. The van der Waals surface area contributed by atoms with Gasteiger partial charge in [0.05, 0.1) is 16.9 Å². The maximum atomic E-state index is 13.1. The van der Waals surface area contributed by atoms with Crippen molar-refractivity contribution in [3.8, 4) is 5.75 Å². The summed E-state index contributed by atoms with van der Waals surface area (Å²) in [5.41, 5.74) is 2.00. The van der Waals surface area contributed by atoms with Gasteiger partial charge in [0.1, 0.15) is 12.4 Å². The number of ether oxygens (including phenoxy) is 1. The normalized spacial score (nSPS) is 22.6. The van der Waals surface area contributed by atoms with E-state index in [1.54, 1.807) is 12.1 Å². The van der Waals surface area contributed by atoms with Crippen molar-refractivity contribution in [1.29, 1.82) is 0 Å². The van der Waals surface area contributed by atoms with Crippen molar-refractivity contribution in [3.63, 3.8) is 0 Å². The van der Waals surface area contributed by atoms with Crippen molar-refractivity contribution < 1.29 is 14.5 Å². The Morgan fingerprint density at radius 2 is 1.97 bits per heavy atom. The van der Waals surface area contributed by atoms with Crippen molar-refractivity contribution in [2.75, 3.05) is 37.7 Å². The van der Waals surface area contributed by atoms with E-state index in [0.29, 0.717) is 19.1 Å². The van der Waals surface area contributed by atoms with Crippen LogP contribution in [-0.2, 0) is 11.2 Å².